The molecule has 3 nitrogen and oxygen atoms in total. The first-order chi connectivity index (χ1) is 25.4. The molecular weight excluding hydrogens is 766 g/mol. The molecular formula is C48H59AlN2OSn. The van der Waals surface area contributed by atoms with E-state index >= 15 is 0 Å². The quantitative estimate of drug-likeness (QED) is 0.0823. The zero-order valence-electron chi connectivity index (χ0n) is 33.9. The summed E-state index contributed by atoms with van der Waals surface area (Å²) in [6.07, 6.45) is 2.31. The Labute approximate surface area is 330 Å². The predicted molar refractivity (Wildman–Crippen MR) is 235 cm³/mol. The second-order valence-corrected chi connectivity index (χ2v) is 28.4. The first-order valence-electron chi connectivity index (χ1n) is 19.5. The first kappa shape index (κ1) is 40.8. The fourth-order valence-corrected chi connectivity index (χ4v) is 27.3. The fourth-order valence-electron chi connectivity index (χ4n) is 7.69. The summed E-state index contributed by atoms with van der Waals surface area (Å²) in [4.78, 5) is 5.41. The van der Waals surface area contributed by atoms with Crippen LogP contribution in [0.3, 0.4) is 0 Å². The molecule has 0 N–H and O–H groups in total. The van der Waals surface area contributed by atoms with Gasteiger partial charge >= 0.3 is 332 Å². The molecule has 0 heterocycles. The summed E-state index contributed by atoms with van der Waals surface area (Å²) < 4.78 is 14.7. The zero-order chi connectivity index (χ0) is 38.3. The van der Waals surface area contributed by atoms with Crippen LogP contribution >= 0.6 is 0 Å². The van der Waals surface area contributed by atoms with Gasteiger partial charge in [-0.2, -0.15) is 0 Å². The number of benzene rings is 5. The Morgan fingerprint density at radius 2 is 0.906 bits per heavy atom. The Kier molecular flexibility index (Phi) is 14.1. The fraction of sp³-hybridized carbons (Fsp3) is 0.312. The van der Waals surface area contributed by atoms with E-state index < -0.39 is 33.5 Å². The summed E-state index contributed by atoms with van der Waals surface area (Å²) in [7, 11) is 0. The van der Waals surface area contributed by atoms with Crippen molar-refractivity contribution in [2.75, 3.05) is 3.88 Å². The van der Waals surface area contributed by atoms with Gasteiger partial charge in [0.1, 0.15) is 0 Å². The van der Waals surface area contributed by atoms with Crippen LogP contribution in [-0.2, 0) is 2.13 Å². The molecule has 0 unspecified atom stereocenters. The minimum atomic E-state index is -4.11. The molecule has 0 fully saturated rings. The number of rotatable bonds is 14. The molecule has 0 aromatic heterocycles. The number of aliphatic imine (C=N–C) groups is 1. The number of anilines is 1. The molecule has 5 heteroatoms. The normalized spacial score (nSPS) is 12.7. The van der Waals surface area contributed by atoms with Gasteiger partial charge in [-0.25, -0.2) is 0 Å². The van der Waals surface area contributed by atoms with E-state index in [4.69, 9.17) is 7.12 Å². The summed E-state index contributed by atoms with van der Waals surface area (Å²) in [6, 6.07) is 46.8. The monoisotopic (exact) mass is 826 g/mol. The maximum atomic E-state index is 8.10. The molecule has 0 spiro atoms. The second-order valence-electron chi connectivity index (χ2n) is 15.6. The standard InChI is InChI=1S/C29H41N2.3C6H5.CH3.Al.O.Sn/c1-18(2)24-13-11-14-25(19(3)4)28(24)30-22(9)17-23(10)31-29-26(20(5)6)15-12-16-27(29)21(7)8;3*1-2-4-6-5-3-1;;;;/h11-21H,1-10H3;3*1-5H;1H3;;;/q-1;;;;;+1;;/b22-17+,31-23?;;;;;;;. The van der Waals surface area contributed by atoms with E-state index in [9.17, 15) is 0 Å². The van der Waals surface area contributed by atoms with Crippen molar-refractivity contribution in [2.24, 2.45) is 4.99 Å². The van der Waals surface area contributed by atoms with Gasteiger partial charge in [0, 0.05) is 0 Å². The molecule has 0 aliphatic heterocycles. The van der Waals surface area contributed by atoms with E-state index in [2.05, 4.69) is 212 Å². The van der Waals surface area contributed by atoms with Crippen LogP contribution in [0, 0.1) is 0 Å². The van der Waals surface area contributed by atoms with Crippen molar-refractivity contribution in [1.82, 2.24) is 0 Å². The van der Waals surface area contributed by atoms with Gasteiger partial charge in [0.05, 0.1) is 0 Å². The van der Waals surface area contributed by atoms with Crippen LogP contribution in [0.25, 0.3) is 0 Å². The molecule has 0 atom stereocenters. The number of para-hydroxylation sites is 2. The number of nitrogens with zero attached hydrogens (tertiary/aromatic N) is 2. The van der Waals surface area contributed by atoms with Gasteiger partial charge in [-0.3, -0.25) is 0 Å². The summed E-state index contributed by atoms with van der Waals surface area (Å²) in [6.45, 7) is 22.8. The molecule has 274 valence electrons. The van der Waals surface area contributed by atoms with E-state index in [1.165, 1.54) is 44.4 Å². The number of allylic oxidation sites excluding steroid dienone is 2. The van der Waals surface area contributed by atoms with Crippen LogP contribution in [-0.4, -0.2) is 39.2 Å². The zero-order valence-corrected chi connectivity index (χ0v) is 37.9. The SMILES string of the molecule is CC(/C=C(\C)[N](c1c(C(C)C)cccc1C(C)C)[Al]([CH3])[O][Sn]([c]1ccccc1)([c]1ccccc1)[c]1ccccc1)=Nc1c(C(C)C)cccc1C(C)C. The van der Waals surface area contributed by atoms with Crippen molar-refractivity contribution in [3.63, 3.8) is 0 Å². The van der Waals surface area contributed by atoms with E-state index in [1.807, 2.05) is 0 Å². The molecule has 0 aliphatic carbocycles. The van der Waals surface area contributed by atoms with E-state index in [0.29, 0.717) is 23.7 Å². The molecule has 0 saturated heterocycles. The summed E-state index contributed by atoms with van der Waals surface area (Å²) >= 11 is -6.37. The summed E-state index contributed by atoms with van der Waals surface area (Å²) in [5.74, 6) is 3.84. The van der Waals surface area contributed by atoms with Gasteiger partial charge in [-0.15, -0.1) is 0 Å². The van der Waals surface area contributed by atoms with Crippen LogP contribution in [0.2, 0.25) is 5.79 Å². The molecule has 5 rings (SSSR count). The third-order valence-electron chi connectivity index (χ3n) is 10.3. The first-order valence-corrected chi connectivity index (χ1v) is 27.1. The average Bonchev–Trinajstić information content (AvgIpc) is 3.14. The maximum absolute atomic E-state index is 8.10. The molecule has 0 aliphatic rings. The topological polar surface area (TPSA) is 24.8 Å². The van der Waals surface area contributed by atoms with Gasteiger partial charge in [0.25, 0.3) is 0 Å². The Balaban J connectivity index is 1.78. The summed E-state index contributed by atoms with van der Waals surface area (Å²) in [5, 5.41) is 0. The van der Waals surface area contributed by atoms with Crippen LogP contribution in [0.1, 0.15) is 115 Å². The van der Waals surface area contributed by atoms with Crippen molar-refractivity contribution >= 4 is 61.3 Å². The van der Waals surface area contributed by atoms with Crippen molar-refractivity contribution in [2.45, 2.75) is 98.7 Å². The van der Waals surface area contributed by atoms with Gasteiger partial charge in [0.15, 0.2) is 0 Å². The van der Waals surface area contributed by atoms with Crippen LogP contribution in [0.4, 0.5) is 11.4 Å². The molecule has 0 saturated carbocycles. The van der Waals surface area contributed by atoms with Crippen molar-refractivity contribution < 1.29 is 2.13 Å². The Bertz CT molecular complexity index is 1850. The molecule has 0 radical (unpaired) electrons. The average molecular weight is 826 g/mol. The predicted octanol–water partition coefficient (Wildman–Crippen LogP) is 11.5. The van der Waals surface area contributed by atoms with E-state index in [1.54, 1.807) is 0 Å². The Hall–Kier alpha value is -3.40. The Morgan fingerprint density at radius 3 is 1.26 bits per heavy atom. The number of hydrogen-bond acceptors (Lipinski definition) is 3. The molecule has 5 aromatic carbocycles. The third kappa shape index (κ3) is 9.12. The van der Waals surface area contributed by atoms with Crippen LogP contribution < -0.4 is 14.6 Å². The van der Waals surface area contributed by atoms with E-state index in [-0.39, 0.29) is 0 Å². The summed E-state index contributed by atoms with van der Waals surface area (Å²) in [5.41, 5.74) is 9.89. The molecule has 0 amide bonds. The second kappa shape index (κ2) is 18.3. The third-order valence-corrected chi connectivity index (χ3v) is 28.1. The van der Waals surface area contributed by atoms with Crippen molar-refractivity contribution in [3.05, 3.63) is 161 Å². The van der Waals surface area contributed by atoms with Crippen LogP contribution in [0.5, 0.6) is 0 Å². The minimum absolute atomic E-state index is 0.340. The van der Waals surface area contributed by atoms with Gasteiger partial charge in [0.2, 0.25) is 0 Å². The van der Waals surface area contributed by atoms with Gasteiger partial charge in [-0.05, 0) is 0 Å². The van der Waals surface area contributed by atoms with Gasteiger partial charge < -0.3 is 0 Å². The number of hydrogen-bond donors (Lipinski definition) is 0. The molecule has 5 aromatic rings. The molecule has 53 heavy (non-hydrogen) atoms. The van der Waals surface area contributed by atoms with Crippen molar-refractivity contribution in [3.8, 4) is 0 Å². The van der Waals surface area contributed by atoms with Crippen LogP contribution in [0.15, 0.2) is 144 Å². The van der Waals surface area contributed by atoms with Crippen molar-refractivity contribution in [1.29, 1.82) is 0 Å². The van der Waals surface area contributed by atoms with Gasteiger partial charge in [-0.1, -0.05) is 0 Å². The Morgan fingerprint density at radius 1 is 0.547 bits per heavy atom. The van der Waals surface area contributed by atoms with E-state index in [0.717, 1.165) is 11.4 Å². The molecule has 0 bridgehead atoms.